The Hall–Kier alpha value is -1.10. The van der Waals surface area contributed by atoms with Crippen LogP contribution in [0.25, 0.3) is 0 Å². The van der Waals surface area contributed by atoms with Crippen LogP contribution < -0.4 is 5.32 Å². The fraction of sp³-hybridized carbons (Fsp3) is 0.846. The van der Waals surface area contributed by atoms with Crippen LogP contribution in [0.2, 0.25) is 0 Å². The molecule has 1 aliphatic heterocycles. The second-order valence-corrected chi connectivity index (χ2v) is 5.83. The molecule has 0 aromatic heterocycles. The van der Waals surface area contributed by atoms with Crippen molar-refractivity contribution in [2.75, 3.05) is 13.2 Å². The molecule has 2 aliphatic rings. The van der Waals surface area contributed by atoms with Gasteiger partial charge in [-0.1, -0.05) is 13.8 Å². The second-order valence-electron chi connectivity index (χ2n) is 5.83. The zero-order valence-corrected chi connectivity index (χ0v) is 10.9. The number of amides is 1. The molecule has 102 valence electrons. The molecule has 0 aromatic carbocycles. The molecule has 1 unspecified atom stereocenters. The van der Waals surface area contributed by atoms with Crippen LogP contribution in [-0.4, -0.2) is 36.2 Å². The Morgan fingerprint density at radius 1 is 1.39 bits per heavy atom. The molecule has 3 atom stereocenters. The SMILES string of the molecule is CC1(C)[C@H](C(=O)O)[C@@H]1C(=O)NCCC1CCCO1. The van der Waals surface area contributed by atoms with Crippen LogP contribution in [-0.2, 0) is 14.3 Å². The van der Waals surface area contributed by atoms with E-state index in [1.165, 1.54) is 0 Å². The van der Waals surface area contributed by atoms with Crippen molar-refractivity contribution in [1.29, 1.82) is 0 Å². The van der Waals surface area contributed by atoms with E-state index in [4.69, 9.17) is 9.84 Å². The average molecular weight is 255 g/mol. The van der Waals surface area contributed by atoms with Gasteiger partial charge in [0.25, 0.3) is 0 Å². The Kier molecular flexibility index (Phi) is 3.61. The third-order valence-electron chi connectivity index (χ3n) is 4.17. The van der Waals surface area contributed by atoms with Gasteiger partial charge in [0.1, 0.15) is 0 Å². The molecule has 2 N–H and O–H groups in total. The van der Waals surface area contributed by atoms with Crippen molar-refractivity contribution < 1.29 is 19.4 Å². The molecule has 1 saturated heterocycles. The Bertz CT molecular complexity index is 347. The predicted octanol–water partition coefficient (Wildman–Crippen LogP) is 1.03. The molecule has 5 heteroatoms. The number of hydrogen-bond donors (Lipinski definition) is 2. The monoisotopic (exact) mass is 255 g/mol. The molecule has 0 bridgehead atoms. The second kappa shape index (κ2) is 4.88. The van der Waals surface area contributed by atoms with E-state index >= 15 is 0 Å². The zero-order chi connectivity index (χ0) is 13.3. The Balaban J connectivity index is 1.74. The number of aliphatic carboxylic acids is 1. The largest absolute Gasteiger partial charge is 0.481 e. The van der Waals surface area contributed by atoms with Gasteiger partial charge in [0.05, 0.1) is 17.9 Å². The van der Waals surface area contributed by atoms with Gasteiger partial charge in [-0.25, -0.2) is 0 Å². The van der Waals surface area contributed by atoms with Gasteiger partial charge >= 0.3 is 5.97 Å². The summed E-state index contributed by atoms with van der Waals surface area (Å²) in [5.41, 5.74) is -0.417. The van der Waals surface area contributed by atoms with Gasteiger partial charge in [0.15, 0.2) is 0 Å². The summed E-state index contributed by atoms with van der Waals surface area (Å²) in [6, 6.07) is 0. The van der Waals surface area contributed by atoms with Crippen molar-refractivity contribution in [3.63, 3.8) is 0 Å². The zero-order valence-electron chi connectivity index (χ0n) is 10.9. The fourth-order valence-corrected chi connectivity index (χ4v) is 2.93. The first-order chi connectivity index (χ1) is 8.44. The van der Waals surface area contributed by atoms with Gasteiger partial charge in [-0.05, 0) is 24.7 Å². The van der Waals surface area contributed by atoms with Crippen LogP contribution in [0.3, 0.4) is 0 Å². The summed E-state index contributed by atoms with van der Waals surface area (Å²) in [5.74, 6) is -1.94. The maximum absolute atomic E-state index is 11.9. The number of carbonyl (C=O) groups excluding carboxylic acids is 1. The molecule has 0 radical (unpaired) electrons. The molecule has 2 fully saturated rings. The molecule has 1 aliphatic carbocycles. The smallest absolute Gasteiger partial charge is 0.307 e. The standard InChI is InChI=1S/C13H21NO4/c1-13(2)9(10(13)12(16)17)11(15)14-6-5-8-4-3-7-18-8/h8-10H,3-7H2,1-2H3,(H,14,15)(H,16,17)/t8?,9-,10+/m1/s1. The van der Waals surface area contributed by atoms with E-state index in [0.717, 1.165) is 25.9 Å². The van der Waals surface area contributed by atoms with Crippen molar-refractivity contribution >= 4 is 11.9 Å². The highest BCUT2D eigenvalue weighted by atomic mass is 16.5. The van der Waals surface area contributed by atoms with E-state index < -0.39 is 17.3 Å². The number of carboxylic acids is 1. The van der Waals surface area contributed by atoms with Gasteiger partial charge in [0, 0.05) is 13.2 Å². The van der Waals surface area contributed by atoms with E-state index in [1.807, 2.05) is 13.8 Å². The highest BCUT2D eigenvalue weighted by Gasteiger charge is 2.65. The molecule has 2 rings (SSSR count). The topological polar surface area (TPSA) is 75.6 Å². The number of ether oxygens (including phenoxy) is 1. The Labute approximate surface area is 107 Å². The van der Waals surface area contributed by atoms with E-state index in [-0.39, 0.29) is 17.9 Å². The lowest BCUT2D eigenvalue weighted by atomic mass is 10.1. The maximum Gasteiger partial charge on any atom is 0.307 e. The van der Waals surface area contributed by atoms with Gasteiger partial charge in [-0.15, -0.1) is 0 Å². The molecule has 1 heterocycles. The fourth-order valence-electron chi connectivity index (χ4n) is 2.93. The van der Waals surface area contributed by atoms with Crippen molar-refractivity contribution in [2.45, 2.75) is 39.2 Å². The first-order valence-corrected chi connectivity index (χ1v) is 6.56. The predicted molar refractivity (Wildman–Crippen MR) is 65.0 cm³/mol. The Morgan fingerprint density at radius 2 is 2.11 bits per heavy atom. The normalized spacial score (nSPS) is 33.1. The molecular weight excluding hydrogens is 234 g/mol. The maximum atomic E-state index is 11.9. The molecule has 0 spiro atoms. The summed E-state index contributed by atoms with van der Waals surface area (Å²) in [6.45, 7) is 5.05. The summed E-state index contributed by atoms with van der Waals surface area (Å²) >= 11 is 0. The van der Waals surface area contributed by atoms with E-state index in [9.17, 15) is 9.59 Å². The lowest BCUT2D eigenvalue weighted by Gasteiger charge is -2.10. The number of carboxylic acid groups (broad SMARTS) is 1. The van der Waals surface area contributed by atoms with Gasteiger partial charge in [-0.3, -0.25) is 9.59 Å². The van der Waals surface area contributed by atoms with Crippen LogP contribution in [0.1, 0.15) is 33.1 Å². The van der Waals surface area contributed by atoms with E-state index in [1.54, 1.807) is 0 Å². The minimum absolute atomic E-state index is 0.134. The summed E-state index contributed by atoms with van der Waals surface area (Å²) < 4.78 is 5.47. The first-order valence-electron chi connectivity index (χ1n) is 6.56. The lowest BCUT2D eigenvalue weighted by Crippen LogP contribution is -2.30. The highest BCUT2D eigenvalue weighted by molar-refractivity contribution is 5.91. The lowest BCUT2D eigenvalue weighted by molar-refractivity contribution is -0.140. The van der Waals surface area contributed by atoms with E-state index in [2.05, 4.69) is 5.32 Å². The molecule has 1 amide bonds. The summed E-state index contributed by atoms with van der Waals surface area (Å²) in [4.78, 5) is 22.9. The molecule has 18 heavy (non-hydrogen) atoms. The van der Waals surface area contributed by atoms with Crippen LogP contribution in [0, 0.1) is 17.3 Å². The van der Waals surface area contributed by atoms with Crippen LogP contribution >= 0.6 is 0 Å². The first kappa shape index (κ1) is 13.3. The number of rotatable bonds is 5. The van der Waals surface area contributed by atoms with Gasteiger partial charge in [0.2, 0.25) is 5.91 Å². The minimum Gasteiger partial charge on any atom is -0.481 e. The van der Waals surface area contributed by atoms with E-state index in [0.29, 0.717) is 6.54 Å². The van der Waals surface area contributed by atoms with Crippen molar-refractivity contribution in [1.82, 2.24) is 5.32 Å². The summed E-state index contributed by atoms with van der Waals surface area (Å²) in [5, 5.41) is 11.8. The van der Waals surface area contributed by atoms with Crippen LogP contribution in [0.5, 0.6) is 0 Å². The number of carbonyl (C=O) groups is 2. The molecule has 0 aromatic rings. The molecular formula is C13H21NO4. The quantitative estimate of drug-likeness (QED) is 0.769. The third kappa shape index (κ3) is 2.51. The number of hydrogen-bond acceptors (Lipinski definition) is 3. The van der Waals surface area contributed by atoms with Crippen molar-refractivity contribution in [3.8, 4) is 0 Å². The van der Waals surface area contributed by atoms with Crippen molar-refractivity contribution in [2.24, 2.45) is 17.3 Å². The summed E-state index contributed by atoms with van der Waals surface area (Å²) in [6.07, 6.45) is 3.22. The highest BCUT2D eigenvalue weighted by Crippen LogP contribution is 2.58. The molecule has 5 nitrogen and oxygen atoms in total. The minimum atomic E-state index is -0.876. The van der Waals surface area contributed by atoms with Crippen LogP contribution in [0.15, 0.2) is 0 Å². The van der Waals surface area contributed by atoms with Gasteiger partial charge in [-0.2, -0.15) is 0 Å². The third-order valence-corrected chi connectivity index (χ3v) is 4.17. The van der Waals surface area contributed by atoms with Crippen LogP contribution in [0.4, 0.5) is 0 Å². The van der Waals surface area contributed by atoms with Gasteiger partial charge < -0.3 is 15.2 Å². The Morgan fingerprint density at radius 3 is 2.61 bits per heavy atom. The average Bonchev–Trinajstić information content (AvgIpc) is 2.65. The number of nitrogens with one attached hydrogen (secondary N) is 1. The molecule has 1 saturated carbocycles. The van der Waals surface area contributed by atoms with Crippen molar-refractivity contribution in [3.05, 3.63) is 0 Å². The summed E-state index contributed by atoms with van der Waals surface area (Å²) in [7, 11) is 0.